The first-order valence-corrected chi connectivity index (χ1v) is 13.2. The number of methoxy groups -OCH3 is 3. The van der Waals surface area contributed by atoms with E-state index in [0.717, 1.165) is 9.87 Å². The van der Waals surface area contributed by atoms with Gasteiger partial charge in [-0.15, -0.1) is 0 Å². The van der Waals surface area contributed by atoms with E-state index in [1.54, 1.807) is 24.3 Å². The molecule has 0 saturated heterocycles. The molecule has 0 fully saturated rings. The average molecular weight is 542 g/mol. The molecule has 3 aromatic carbocycles. The van der Waals surface area contributed by atoms with E-state index in [1.165, 1.54) is 63.8 Å². The Morgan fingerprint density at radius 3 is 2.11 bits per heavy atom. The van der Waals surface area contributed by atoms with Gasteiger partial charge in [0.05, 0.1) is 43.9 Å². The van der Waals surface area contributed by atoms with Gasteiger partial charge in [-0.2, -0.15) is 4.31 Å². The number of sulfonamides is 1. The summed E-state index contributed by atoms with van der Waals surface area (Å²) in [6.07, 6.45) is 1.45. The minimum absolute atomic E-state index is 0.0102. The second kappa shape index (κ2) is 10.8. The number of ether oxygens (including phenoxy) is 3. The van der Waals surface area contributed by atoms with Gasteiger partial charge in [0.2, 0.25) is 15.8 Å². The Morgan fingerprint density at radius 2 is 1.58 bits per heavy atom. The minimum atomic E-state index is -4.36. The highest BCUT2D eigenvalue weighted by atomic mass is 32.2. The van der Waals surface area contributed by atoms with Crippen LogP contribution in [0.4, 0.5) is 4.39 Å². The molecule has 1 N–H and O–H groups in total. The van der Waals surface area contributed by atoms with Crippen molar-refractivity contribution in [1.29, 1.82) is 0 Å². The van der Waals surface area contributed by atoms with Gasteiger partial charge in [0.1, 0.15) is 5.82 Å². The number of carbonyl (C=O) groups is 1. The number of aryl methyl sites for hydroxylation is 1. The zero-order valence-corrected chi connectivity index (χ0v) is 22.2. The molecule has 0 bridgehead atoms. The lowest BCUT2D eigenvalue weighted by Crippen LogP contribution is -2.42. The van der Waals surface area contributed by atoms with Gasteiger partial charge in [-0.3, -0.25) is 0 Å². The highest BCUT2D eigenvalue weighted by Gasteiger charge is 2.45. The topological polar surface area (TPSA) is 102 Å². The van der Waals surface area contributed by atoms with Crippen LogP contribution in [0, 0.1) is 12.7 Å². The number of halogens is 1. The molecule has 200 valence electrons. The van der Waals surface area contributed by atoms with E-state index in [9.17, 15) is 18.3 Å². The number of benzene rings is 3. The fourth-order valence-electron chi connectivity index (χ4n) is 4.69. The molecule has 38 heavy (non-hydrogen) atoms. The fourth-order valence-corrected chi connectivity index (χ4v) is 6.46. The van der Waals surface area contributed by atoms with Gasteiger partial charge in [0.25, 0.3) is 0 Å². The van der Waals surface area contributed by atoms with Crippen LogP contribution in [0.1, 0.15) is 35.2 Å². The molecule has 1 heterocycles. The standard InChI is InChI=1S/C28H28FNO7S/c1-17-9-11-19(12-10-17)38(33,34)30-23(18-15-24(35-2)27(37-4)25(16-18)36-3)14-13-21(28(31)32)26(30)20-7-5-6-8-22(20)29/h5-13,15-16,23,26H,14H2,1-4H3,(H,31,32)/t23-,26-/m0/s1. The van der Waals surface area contributed by atoms with Crippen molar-refractivity contribution >= 4 is 16.0 Å². The highest BCUT2D eigenvalue weighted by Crippen LogP contribution is 2.49. The SMILES string of the molecule is COc1cc([C@@H]2CC=C(C(=O)O)[C@H](c3ccccc3F)N2S(=O)(=O)c2ccc(C)cc2)cc(OC)c1OC. The Bertz CT molecular complexity index is 1460. The number of nitrogens with zero attached hydrogens (tertiary/aromatic N) is 1. The summed E-state index contributed by atoms with van der Waals surface area (Å²) in [5, 5.41) is 10.1. The molecule has 3 aromatic rings. The maximum Gasteiger partial charge on any atom is 0.333 e. The first kappa shape index (κ1) is 27.2. The lowest BCUT2D eigenvalue weighted by molar-refractivity contribution is -0.133. The van der Waals surface area contributed by atoms with Gasteiger partial charge in [0, 0.05) is 5.56 Å². The fraction of sp³-hybridized carbons (Fsp3) is 0.250. The Labute approximate surface area is 220 Å². The molecule has 0 saturated carbocycles. The van der Waals surface area contributed by atoms with Crippen LogP contribution < -0.4 is 14.2 Å². The predicted molar refractivity (Wildman–Crippen MR) is 139 cm³/mol. The molecular weight excluding hydrogens is 513 g/mol. The lowest BCUT2D eigenvalue weighted by Gasteiger charge is -2.41. The van der Waals surface area contributed by atoms with Crippen molar-refractivity contribution in [3.05, 3.63) is 94.8 Å². The van der Waals surface area contributed by atoms with Crippen LogP contribution in [0.25, 0.3) is 0 Å². The predicted octanol–water partition coefficient (Wildman–Crippen LogP) is 5.05. The number of hydrogen-bond donors (Lipinski definition) is 1. The third-order valence-corrected chi connectivity index (χ3v) is 8.42. The molecule has 0 aliphatic carbocycles. The van der Waals surface area contributed by atoms with E-state index in [0.29, 0.717) is 22.8 Å². The van der Waals surface area contributed by atoms with Crippen LogP contribution in [-0.4, -0.2) is 45.1 Å². The highest BCUT2D eigenvalue weighted by molar-refractivity contribution is 7.89. The van der Waals surface area contributed by atoms with Crippen LogP contribution in [0.5, 0.6) is 17.2 Å². The number of rotatable bonds is 8. The molecule has 0 radical (unpaired) electrons. The van der Waals surface area contributed by atoms with Crippen molar-refractivity contribution in [2.75, 3.05) is 21.3 Å². The number of carboxylic acid groups (broad SMARTS) is 1. The van der Waals surface area contributed by atoms with Crippen LogP contribution >= 0.6 is 0 Å². The molecule has 0 aromatic heterocycles. The number of aliphatic carboxylic acids is 1. The molecule has 4 rings (SSSR count). The molecule has 1 aliphatic rings. The summed E-state index contributed by atoms with van der Waals surface area (Å²) in [5.74, 6) is -1.16. The number of hydrogen-bond acceptors (Lipinski definition) is 6. The first-order chi connectivity index (χ1) is 18.1. The third kappa shape index (κ3) is 4.84. The summed E-state index contributed by atoms with van der Waals surface area (Å²) < 4.78 is 61.2. The summed E-state index contributed by atoms with van der Waals surface area (Å²) in [6.45, 7) is 1.82. The van der Waals surface area contributed by atoms with Gasteiger partial charge >= 0.3 is 5.97 Å². The van der Waals surface area contributed by atoms with E-state index in [-0.39, 0.29) is 22.5 Å². The Morgan fingerprint density at radius 1 is 0.974 bits per heavy atom. The molecule has 8 nitrogen and oxygen atoms in total. The van der Waals surface area contributed by atoms with Crippen molar-refractivity contribution in [3.63, 3.8) is 0 Å². The minimum Gasteiger partial charge on any atom is -0.493 e. The maximum atomic E-state index is 15.2. The smallest absolute Gasteiger partial charge is 0.333 e. The number of carboxylic acids is 1. The van der Waals surface area contributed by atoms with E-state index in [2.05, 4.69) is 0 Å². The van der Waals surface area contributed by atoms with Gasteiger partial charge in [-0.25, -0.2) is 17.6 Å². The van der Waals surface area contributed by atoms with Gasteiger partial charge < -0.3 is 19.3 Å². The maximum absolute atomic E-state index is 15.2. The van der Waals surface area contributed by atoms with E-state index >= 15 is 4.39 Å². The first-order valence-electron chi connectivity index (χ1n) is 11.7. The second-order valence-corrected chi connectivity index (χ2v) is 10.6. The second-order valence-electron chi connectivity index (χ2n) is 8.75. The Kier molecular flexibility index (Phi) is 7.75. The van der Waals surface area contributed by atoms with Crippen molar-refractivity contribution in [1.82, 2.24) is 4.31 Å². The molecular formula is C28H28FNO7S. The summed E-state index contributed by atoms with van der Waals surface area (Å²) in [7, 11) is -0.0369. The largest absolute Gasteiger partial charge is 0.493 e. The van der Waals surface area contributed by atoms with E-state index < -0.39 is 33.9 Å². The lowest BCUT2D eigenvalue weighted by atomic mass is 9.89. The Hall–Kier alpha value is -3.89. The van der Waals surface area contributed by atoms with Crippen molar-refractivity contribution in [3.8, 4) is 17.2 Å². The molecule has 1 aliphatic heterocycles. The van der Waals surface area contributed by atoms with Crippen LogP contribution in [0.2, 0.25) is 0 Å². The Balaban J connectivity index is 2.03. The zero-order chi connectivity index (χ0) is 27.6. The van der Waals surface area contributed by atoms with Crippen LogP contribution in [0.3, 0.4) is 0 Å². The summed E-state index contributed by atoms with van der Waals surface area (Å²) >= 11 is 0. The molecule has 2 atom stereocenters. The van der Waals surface area contributed by atoms with Crippen molar-refractivity contribution in [2.24, 2.45) is 0 Å². The average Bonchev–Trinajstić information content (AvgIpc) is 2.91. The normalized spacial score (nSPS) is 18.0. The quantitative estimate of drug-likeness (QED) is 0.426. The van der Waals surface area contributed by atoms with E-state index in [1.807, 2.05) is 6.92 Å². The summed E-state index contributed by atoms with van der Waals surface area (Å²) in [6, 6.07) is 12.6. The van der Waals surface area contributed by atoms with Gasteiger partial charge in [0.15, 0.2) is 11.5 Å². The van der Waals surface area contributed by atoms with Crippen LogP contribution in [0.15, 0.2) is 77.2 Å². The monoisotopic (exact) mass is 541 g/mol. The third-order valence-electron chi connectivity index (χ3n) is 6.53. The van der Waals surface area contributed by atoms with Crippen LogP contribution in [-0.2, 0) is 14.8 Å². The van der Waals surface area contributed by atoms with Gasteiger partial charge in [-0.1, -0.05) is 42.0 Å². The van der Waals surface area contributed by atoms with Crippen molar-refractivity contribution < 1.29 is 36.9 Å². The molecule has 10 heteroatoms. The zero-order valence-electron chi connectivity index (χ0n) is 21.3. The molecule has 0 amide bonds. The summed E-state index contributed by atoms with van der Waals surface area (Å²) in [4.78, 5) is 12.3. The molecule has 0 unspecified atom stereocenters. The summed E-state index contributed by atoms with van der Waals surface area (Å²) in [5.41, 5.74) is 0.987. The van der Waals surface area contributed by atoms with Gasteiger partial charge in [-0.05, 0) is 49.2 Å². The van der Waals surface area contributed by atoms with Crippen molar-refractivity contribution in [2.45, 2.75) is 30.3 Å². The molecule has 0 spiro atoms. The van der Waals surface area contributed by atoms with E-state index in [4.69, 9.17) is 14.2 Å².